The van der Waals surface area contributed by atoms with Crippen molar-refractivity contribution in [1.82, 2.24) is 9.55 Å². The van der Waals surface area contributed by atoms with Gasteiger partial charge >= 0.3 is 5.69 Å². The number of anilines is 2. The van der Waals surface area contributed by atoms with E-state index in [0.29, 0.717) is 25.1 Å². The fourth-order valence-electron chi connectivity index (χ4n) is 3.05. The molecular weight excluding hydrogens is 356 g/mol. The first kappa shape index (κ1) is 21.5. The van der Waals surface area contributed by atoms with Crippen molar-refractivity contribution in [2.75, 3.05) is 17.2 Å². The minimum absolute atomic E-state index is 0.0238. The summed E-state index contributed by atoms with van der Waals surface area (Å²) in [5, 5.41) is 0. The molecule has 0 radical (unpaired) electrons. The highest BCUT2D eigenvalue weighted by Gasteiger charge is 2.25. The van der Waals surface area contributed by atoms with E-state index in [1.807, 2.05) is 46.8 Å². The highest BCUT2D eigenvalue weighted by molar-refractivity contribution is 6.07. The van der Waals surface area contributed by atoms with Gasteiger partial charge in [-0.3, -0.25) is 19.1 Å². The summed E-state index contributed by atoms with van der Waals surface area (Å²) < 4.78 is 1.33. The molecule has 1 aromatic carbocycles. The summed E-state index contributed by atoms with van der Waals surface area (Å²) in [7, 11) is 0. The van der Waals surface area contributed by atoms with E-state index >= 15 is 0 Å². The van der Waals surface area contributed by atoms with Crippen molar-refractivity contribution >= 4 is 17.4 Å². The molecule has 0 bridgehead atoms. The number of hydrogen-bond acceptors (Lipinski definition) is 4. The number of rotatable bonds is 7. The molecule has 0 saturated heterocycles. The Bertz CT molecular complexity index is 973. The summed E-state index contributed by atoms with van der Waals surface area (Å²) in [6.07, 6.45) is 1.55. The molecule has 0 atom stereocenters. The predicted molar refractivity (Wildman–Crippen MR) is 113 cm³/mol. The Balaban J connectivity index is 2.62. The van der Waals surface area contributed by atoms with Crippen LogP contribution in [0.4, 0.5) is 11.5 Å². The lowest BCUT2D eigenvalue weighted by atomic mass is 10.1. The van der Waals surface area contributed by atoms with Crippen LogP contribution < -0.4 is 21.9 Å². The Morgan fingerprint density at radius 1 is 1.21 bits per heavy atom. The van der Waals surface area contributed by atoms with Crippen molar-refractivity contribution in [3.05, 3.63) is 55.7 Å². The summed E-state index contributed by atoms with van der Waals surface area (Å²) >= 11 is 0. The minimum atomic E-state index is -0.643. The molecule has 1 heterocycles. The zero-order valence-corrected chi connectivity index (χ0v) is 17.3. The standard InChI is InChI=1S/C21H30N4O3/c1-6-7-10-24(20(27)16-9-8-14(4)15(5)11-16)17-18(22)25(12-13(2)3)21(28)23-19(17)26/h8-9,11,13H,6-7,10,12,22H2,1-5H3,(H,23,26,28). The van der Waals surface area contributed by atoms with Gasteiger partial charge in [0.25, 0.3) is 11.5 Å². The third kappa shape index (κ3) is 4.52. The first-order valence-corrected chi connectivity index (χ1v) is 9.69. The number of nitrogens with one attached hydrogen (secondary N) is 1. The minimum Gasteiger partial charge on any atom is -0.383 e. The van der Waals surface area contributed by atoms with E-state index in [0.717, 1.165) is 17.5 Å². The van der Waals surface area contributed by atoms with Gasteiger partial charge in [-0.15, -0.1) is 0 Å². The molecule has 0 aliphatic carbocycles. The Morgan fingerprint density at radius 2 is 1.89 bits per heavy atom. The van der Waals surface area contributed by atoms with Crippen molar-refractivity contribution in [1.29, 1.82) is 0 Å². The van der Waals surface area contributed by atoms with E-state index in [4.69, 9.17) is 5.73 Å². The van der Waals surface area contributed by atoms with Gasteiger partial charge in [-0.2, -0.15) is 0 Å². The van der Waals surface area contributed by atoms with Crippen molar-refractivity contribution in [3.63, 3.8) is 0 Å². The maximum atomic E-state index is 13.3. The summed E-state index contributed by atoms with van der Waals surface area (Å²) in [5.41, 5.74) is 7.62. The maximum absolute atomic E-state index is 13.3. The first-order chi connectivity index (χ1) is 13.2. The maximum Gasteiger partial charge on any atom is 0.330 e. The van der Waals surface area contributed by atoms with Crippen LogP contribution in [-0.2, 0) is 6.54 Å². The van der Waals surface area contributed by atoms with Gasteiger partial charge in [0, 0.05) is 18.7 Å². The van der Waals surface area contributed by atoms with E-state index in [2.05, 4.69) is 4.98 Å². The number of carbonyl (C=O) groups is 1. The number of aromatic nitrogens is 2. The van der Waals surface area contributed by atoms with Crippen LogP contribution in [0, 0.1) is 19.8 Å². The molecule has 0 saturated carbocycles. The number of aromatic amines is 1. The molecule has 0 aliphatic rings. The number of nitrogens with two attached hydrogens (primary N) is 1. The van der Waals surface area contributed by atoms with E-state index < -0.39 is 11.2 Å². The van der Waals surface area contributed by atoms with Crippen LogP contribution >= 0.6 is 0 Å². The number of aryl methyl sites for hydroxylation is 2. The normalized spacial score (nSPS) is 11.1. The van der Waals surface area contributed by atoms with Crippen LogP contribution in [0.15, 0.2) is 27.8 Å². The topological polar surface area (TPSA) is 101 Å². The first-order valence-electron chi connectivity index (χ1n) is 9.69. The molecule has 3 N–H and O–H groups in total. The fraction of sp³-hybridized carbons (Fsp3) is 0.476. The summed E-state index contributed by atoms with van der Waals surface area (Å²) in [4.78, 5) is 41.8. The van der Waals surface area contributed by atoms with Gasteiger partial charge in [-0.25, -0.2) is 4.79 Å². The van der Waals surface area contributed by atoms with Crippen LogP contribution in [0.1, 0.15) is 55.1 Å². The highest BCUT2D eigenvalue weighted by atomic mass is 16.2. The second-order valence-corrected chi connectivity index (χ2v) is 7.61. The predicted octanol–water partition coefficient (Wildman–Crippen LogP) is 2.84. The van der Waals surface area contributed by atoms with Gasteiger partial charge in [0.2, 0.25) is 0 Å². The fourth-order valence-corrected chi connectivity index (χ4v) is 3.05. The molecule has 2 rings (SSSR count). The molecule has 0 fully saturated rings. The van der Waals surface area contributed by atoms with Crippen molar-refractivity contribution in [2.24, 2.45) is 5.92 Å². The SMILES string of the molecule is CCCCN(C(=O)c1ccc(C)c(C)c1)c1c(N)n(CC(C)C)c(=O)[nH]c1=O. The number of H-pyrrole nitrogens is 1. The number of nitrogen functional groups attached to an aromatic ring is 1. The van der Waals surface area contributed by atoms with Crippen molar-refractivity contribution < 1.29 is 4.79 Å². The third-order valence-electron chi connectivity index (χ3n) is 4.77. The Hall–Kier alpha value is -2.83. The summed E-state index contributed by atoms with van der Waals surface area (Å²) in [5.74, 6) is -0.127. The van der Waals surface area contributed by atoms with Gasteiger partial charge < -0.3 is 10.6 Å². The van der Waals surface area contributed by atoms with Crippen LogP contribution in [0.3, 0.4) is 0 Å². The molecule has 0 unspecified atom stereocenters. The lowest BCUT2D eigenvalue weighted by molar-refractivity contribution is 0.0986. The third-order valence-corrected chi connectivity index (χ3v) is 4.77. The largest absolute Gasteiger partial charge is 0.383 e. The van der Waals surface area contributed by atoms with Crippen molar-refractivity contribution in [3.8, 4) is 0 Å². The number of hydrogen-bond donors (Lipinski definition) is 2. The number of nitrogens with zero attached hydrogens (tertiary/aromatic N) is 2. The Kier molecular flexibility index (Phi) is 6.83. The van der Waals surface area contributed by atoms with E-state index in [1.54, 1.807) is 6.07 Å². The molecule has 0 aliphatic heterocycles. The number of amides is 1. The molecule has 7 heteroatoms. The average molecular weight is 386 g/mol. The molecule has 1 aromatic heterocycles. The Labute approximate surface area is 165 Å². The van der Waals surface area contributed by atoms with Crippen LogP contribution in [-0.4, -0.2) is 22.0 Å². The van der Waals surface area contributed by atoms with E-state index in [-0.39, 0.29) is 23.3 Å². The van der Waals surface area contributed by atoms with Crippen LogP contribution in [0.5, 0.6) is 0 Å². The Morgan fingerprint density at radius 3 is 2.46 bits per heavy atom. The number of benzene rings is 1. The van der Waals surface area contributed by atoms with Crippen LogP contribution in [0.25, 0.3) is 0 Å². The van der Waals surface area contributed by atoms with Gasteiger partial charge in [0.05, 0.1) is 0 Å². The monoisotopic (exact) mass is 386 g/mol. The number of carbonyl (C=O) groups excluding carboxylic acids is 1. The molecule has 28 heavy (non-hydrogen) atoms. The second kappa shape index (κ2) is 8.91. The number of unbranched alkanes of at least 4 members (excludes halogenated alkanes) is 1. The molecular formula is C21H30N4O3. The smallest absolute Gasteiger partial charge is 0.330 e. The summed E-state index contributed by atoms with van der Waals surface area (Å²) in [6, 6.07) is 5.44. The zero-order valence-electron chi connectivity index (χ0n) is 17.3. The molecule has 152 valence electrons. The summed E-state index contributed by atoms with van der Waals surface area (Å²) in [6.45, 7) is 10.5. The second-order valence-electron chi connectivity index (χ2n) is 7.61. The molecule has 2 aromatic rings. The van der Waals surface area contributed by atoms with Gasteiger partial charge in [0.15, 0.2) is 5.69 Å². The van der Waals surface area contributed by atoms with E-state index in [1.165, 1.54) is 9.47 Å². The molecule has 7 nitrogen and oxygen atoms in total. The van der Waals surface area contributed by atoms with Gasteiger partial charge in [-0.05, 0) is 49.4 Å². The van der Waals surface area contributed by atoms with Gasteiger partial charge in [-0.1, -0.05) is 33.3 Å². The van der Waals surface area contributed by atoms with Gasteiger partial charge in [0.1, 0.15) is 5.82 Å². The molecule has 1 amide bonds. The lowest BCUT2D eigenvalue weighted by Gasteiger charge is -2.25. The quantitative estimate of drug-likeness (QED) is 0.764. The lowest BCUT2D eigenvalue weighted by Crippen LogP contribution is -2.42. The zero-order chi connectivity index (χ0) is 21.0. The highest BCUT2D eigenvalue weighted by Crippen LogP contribution is 2.22. The van der Waals surface area contributed by atoms with E-state index in [9.17, 15) is 14.4 Å². The van der Waals surface area contributed by atoms with Crippen LogP contribution in [0.2, 0.25) is 0 Å². The van der Waals surface area contributed by atoms with Crippen molar-refractivity contribution in [2.45, 2.75) is 54.0 Å². The molecule has 0 spiro atoms. The average Bonchev–Trinajstić information content (AvgIpc) is 2.62.